The molecule has 5 heteroatoms. The van der Waals surface area contributed by atoms with Gasteiger partial charge in [-0.05, 0) is 55.7 Å². The largest absolute Gasteiger partial charge is 0.502 e. The van der Waals surface area contributed by atoms with Gasteiger partial charge in [-0.2, -0.15) is 0 Å². The van der Waals surface area contributed by atoms with Gasteiger partial charge in [0.2, 0.25) is 0 Å². The summed E-state index contributed by atoms with van der Waals surface area (Å²) in [5, 5.41) is 10.3. The summed E-state index contributed by atoms with van der Waals surface area (Å²) in [5.74, 6) is -1.10. The van der Waals surface area contributed by atoms with Crippen LogP contribution in [0.2, 0.25) is 0 Å². The molecule has 2 aromatic rings. The second-order valence-corrected chi connectivity index (χ2v) is 5.85. The number of hydrogen-bond donors (Lipinski definition) is 1. The first kappa shape index (κ1) is 16.8. The van der Waals surface area contributed by atoms with E-state index in [1.54, 1.807) is 36.4 Å². The molecular weight excluding hydrogens is 318 g/mol. The third kappa shape index (κ3) is 2.78. The van der Waals surface area contributed by atoms with Crippen LogP contribution in [0.3, 0.4) is 0 Å². The molecule has 0 bridgehead atoms. The van der Waals surface area contributed by atoms with Gasteiger partial charge in [0.25, 0.3) is 5.91 Å². The number of carbonyl (C=O) groups is 2. The fourth-order valence-electron chi connectivity index (χ4n) is 2.86. The van der Waals surface area contributed by atoms with E-state index in [-0.39, 0.29) is 5.57 Å². The number of aryl methyl sites for hydroxylation is 1. The Kier molecular flexibility index (Phi) is 4.31. The molecule has 0 saturated heterocycles. The van der Waals surface area contributed by atoms with E-state index < -0.39 is 17.6 Å². The molecule has 0 fully saturated rings. The molecule has 128 valence electrons. The van der Waals surface area contributed by atoms with Crippen molar-refractivity contribution in [3.05, 3.63) is 64.9 Å². The Labute approximate surface area is 146 Å². The molecular formula is C20H19NO4. The van der Waals surface area contributed by atoms with Crippen molar-refractivity contribution in [2.24, 2.45) is 0 Å². The molecule has 1 aliphatic rings. The molecule has 0 spiro atoms. The Bertz CT molecular complexity index is 881. The van der Waals surface area contributed by atoms with Crippen LogP contribution >= 0.6 is 0 Å². The number of anilines is 1. The van der Waals surface area contributed by atoms with Gasteiger partial charge in [-0.15, -0.1) is 0 Å². The van der Waals surface area contributed by atoms with Crippen molar-refractivity contribution in [3.63, 3.8) is 0 Å². The highest BCUT2D eigenvalue weighted by Crippen LogP contribution is 2.34. The number of hydrogen-bond acceptors (Lipinski definition) is 4. The van der Waals surface area contributed by atoms with Gasteiger partial charge >= 0.3 is 5.91 Å². The van der Waals surface area contributed by atoms with E-state index in [0.717, 1.165) is 16.0 Å². The fraction of sp³-hybridized carbons (Fsp3) is 0.200. The lowest BCUT2D eigenvalue weighted by molar-refractivity contribution is -0.121. The summed E-state index contributed by atoms with van der Waals surface area (Å²) in [4.78, 5) is 26.4. The van der Waals surface area contributed by atoms with Gasteiger partial charge in [0.05, 0.1) is 17.9 Å². The van der Waals surface area contributed by atoms with Gasteiger partial charge in [0.1, 0.15) is 5.75 Å². The fourth-order valence-corrected chi connectivity index (χ4v) is 2.86. The second kappa shape index (κ2) is 6.43. The average molecular weight is 337 g/mol. The second-order valence-electron chi connectivity index (χ2n) is 5.85. The molecule has 1 aliphatic heterocycles. The number of ether oxygens (including phenoxy) is 1. The molecule has 0 atom stereocenters. The number of rotatable bonds is 4. The third-order valence-corrected chi connectivity index (χ3v) is 4.33. The minimum absolute atomic E-state index is 0.00829. The van der Waals surface area contributed by atoms with Crippen molar-refractivity contribution >= 4 is 23.1 Å². The lowest BCUT2D eigenvalue weighted by atomic mass is 10.0. The summed E-state index contributed by atoms with van der Waals surface area (Å²) >= 11 is 0. The molecule has 1 N–H and O–H groups in total. The zero-order valence-corrected chi connectivity index (χ0v) is 14.4. The molecule has 0 radical (unpaired) electrons. The zero-order chi connectivity index (χ0) is 18.1. The summed E-state index contributed by atoms with van der Waals surface area (Å²) in [6.07, 6.45) is 0. The maximum atomic E-state index is 12.9. The van der Waals surface area contributed by atoms with E-state index >= 15 is 0 Å². The van der Waals surface area contributed by atoms with Crippen molar-refractivity contribution in [1.82, 2.24) is 0 Å². The van der Waals surface area contributed by atoms with Gasteiger partial charge in [0, 0.05) is 0 Å². The van der Waals surface area contributed by atoms with Crippen LogP contribution in [0.1, 0.15) is 23.6 Å². The maximum absolute atomic E-state index is 12.9. The SMILES string of the molecule is CCOc1ccc(C2=C(O)C(=O)N(c3cccc(C)c3C)C2=O)cc1. The first-order valence-corrected chi connectivity index (χ1v) is 8.07. The minimum atomic E-state index is -0.706. The number of benzene rings is 2. The van der Waals surface area contributed by atoms with Crippen molar-refractivity contribution in [2.75, 3.05) is 11.5 Å². The standard InChI is InChI=1S/C20H19NO4/c1-4-25-15-10-8-14(9-11-15)17-18(22)20(24)21(19(17)23)16-7-5-6-12(2)13(16)3/h5-11,22H,4H2,1-3H3. The highest BCUT2D eigenvalue weighted by atomic mass is 16.5. The molecule has 0 saturated carbocycles. The van der Waals surface area contributed by atoms with Crippen LogP contribution in [-0.2, 0) is 9.59 Å². The van der Waals surface area contributed by atoms with Crippen molar-refractivity contribution in [3.8, 4) is 5.75 Å². The minimum Gasteiger partial charge on any atom is -0.502 e. The lowest BCUT2D eigenvalue weighted by Gasteiger charge is -2.18. The van der Waals surface area contributed by atoms with Gasteiger partial charge in [-0.3, -0.25) is 9.59 Å². The molecule has 3 rings (SSSR count). The topological polar surface area (TPSA) is 66.8 Å². The molecule has 2 amide bonds. The predicted octanol–water partition coefficient (Wildman–Crippen LogP) is 3.54. The molecule has 0 aliphatic carbocycles. The van der Waals surface area contributed by atoms with E-state index in [2.05, 4.69) is 0 Å². The highest BCUT2D eigenvalue weighted by molar-refractivity contribution is 6.45. The summed E-state index contributed by atoms with van der Waals surface area (Å²) in [6.45, 7) is 6.16. The first-order chi connectivity index (χ1) is 12.0. The highest BCUT2D eigenvalue weighted by Gasteiger charge is 2.40. The molecule has 0 aromatic heterocycles. The average Bonchev–Trinajstić information content (AvgIpc) is 2.81. The smallest absolute Gasteiger partial charge is 0.301 e. The van der Waals surface area contributed by atoms with Crippen molar-refractivity contribution < 1.29 is 19.4 Å². The van der Waals surface area contributed by atoms with Crippen LogP contribution in [0, 0.1) is 13.8 Å². The van der Waals surface area contributed by atoms with Gasteiger partial charge in [-0.1, -0.05) is 24.3 Å². The van der Waals surface area contributed by atoms with Crippen LogP contribution in [-0.4, -0.2) is 23.5 Å². The van der Waals surface area contributed by atoms with E-state index in [1.165, 1.54) is 0 Å². The molecule has 25 heavy (non-hydrogen) atoms. The lowest BCUT2D eigenvalue weighted by Crippen LogP contribution is -2.32. The Morgan fingerprint density at radius 1 is 1.00 bits per heavy atom. The van der Waals surface area contributed by atoms with Crippen LogP contribution in [0.25, 0.3) is 5.57 Å². The van der Waals surface area contributed by atoms with Gasteiger partial charge in [-0.25, -0.2) is 4.90 Å². The number of aliphatic hydroxyl groups excluding tert-OH is 1. The van der Waals surface area contributed by atoms with E-state index in [9.17, 15) is 14.7 Å². The van der Waals surface area contributed by atoms with E-state index in [4.69, 9.17) is 4.74 Å². The Hall–Kier alpha value is -3.08. The summed E-state index contributed by atoms with van der Waals surface area (Å²) in [6, 6.07) is 12.1. The Morgan fingerprint density at radius 3 is 2.32 bits per heavy atom. The summed E-state index contributed by atoms with van der Waals surface area (Å²) in [5.41, 5.74) is 2.76. The monoisotopic (exact) mass is 337 g/mol. The van der Waals surface area contributed by atoms with Crippen molar-refractivity contribution in [1.29, 1.82) is 0 Å². The van der Waals surface area contributed by atoms with E-state index in [1.807, 2.05) is 26.8 Å². The van der Waals surface area contributed by atoms with Crippen LogP contribution in [0.5, 0.6) is 5.75 Å². The van der Waals surface area contributed by atoms with Crippen LogP contribution in [0.4, 0.5) is 5.69 Å². The van der Waals surface area contributed by atoms with Crippen LogP contribution < -0.4 is 9.64 Å². The van der Waals surface area contributed by atoms with Gasteiger partial charge < -0.3 is 9.84 Å². The summed E-state index contributed by atoms with van der Waals surface area (Å²) < 4.78 is 5.38. The number of aliphatic hydroxyl groups is 1. The quantitative estimate of drug-likeness (QED) is 0.867. The third-order valence-electron chi connectivity index (χ3n) is 4.33. The molecule has 0 unspecified atom stereocenters. The summed E-state index contributed by atoms with van der Waals surface area (Å²) in [7, 11) is 0. The van der Waals surface area contributed by atoms with Crippen molar-refractivity contribution in [2.45, 2.75) is 20.8 Å². The number of nitrogens with zero attached hydrogens (tertiary/aromatic N) is 1. The maximum Gasteiger partial charge on any atom is 0.301 e. The number of amides is 2. The zero-order valence-electron chi connectivity index (χ0n) is 14.4. The molecule has 5 nitrogen and oxygen atoms in total. The normalized spacial score (nSPS) is 14.4. The molecule has 2 aromatic carbocycles. The predicted molar refractivity (Wildman–Crippen MR) is 95.6 cm³/mol. The number of carbonyl (C=O) groups excluding carboxylic acids is 2. The van der Waals surface area contributed by atoms with Crippen LogP contribution in [0.15, 0.2) is 48.2 Å². The van der Waals surface area contributed by atoms with E-state index in [0.29, 0.717) is 23.6 Å². The Balaban J connectivity index is 2.01. The first-order valence-electron chi connectivity index (χ1n) is 8.07. The number of imide groups is 1. The molecule has 1 heterocycles. The Morgan fingerprint density at radius 2 is 1.68 bits per heavy atom. The van der Waals surface area contributed by atoms with Gasteiger partial charge in [0.15, 0.2) is 5.76 Å².